The van der Waals surface area contributed by atoms with Crippen LogP contribution in [0.1, 0.15) is 30.4 Å². The summed E-state index contributed by atoms with van der Waals surface area (Å²) in [7, 11) is 4.16. The average molecular weight is 486 g/mol. The van der Waals surface area contributed by atoms with Crippen molar-refractivity contribution in [2.24, 2.45) is 0 Å². The van der Waals surface area contributed by atoms with Crippen molar-refractivity contribution < 1.29 is 28.5 Å². The molecule has 0 atom stereocenters. The summed E-state index contributed by atoms with van der Waals surface area (Å²) < 4.78 is 21.4. The Balaban J connectivity index is 2.06. The van der Waals surface area contributed by atoms with Gasteiger partial charge in [-0.1, -0.05) is 36.7 Å². The van der Waals surface area contributed by atoms with Crippen LogP contribution in [0.2, 0.25) is 5.02 Å². The number of hydrogen-bond acceptors (Lipinski definition) is 7. The molecule has 0 amide bonds. The van der Waals surface area contributed by atoms with E-state index in [1.165, 1.54) is 14.2 Å². The minimum atomic E-state index is -0.713. The molecule has 0 aromatic heterocycles. The quantitative estimate of drug-likeness (QED) is 0.470. The van der Waals surface area contributed by atoms with Crippen LogP contribution in [0.25, 0.3) is 0 Å². The summed E-state index contributed by atoms with van der Waals surface area (Å²) in [4.78, 5) is 27.4. The van der Waals surface area contributed by atoms with Crippen LogP contribution < -0.4 is 9.47 Å². The topological polar surface area (TPSA) is 74.3 Å². The molecule has 180 valence electrons. The van der Waals surface area contributed by atoms with E-state index in [0.29, 0.717) is 46.4 Å². The van der Waals surface area contributed by atoms with Gasteiger partial charge in [-0.2, -0.15) is 0 Å². The molecule has 1 aliphatic rings. The molecule has 2 aromatic carbocycles. The monoisotopic (exact) mass is 485 g/mol. The first-order chi connectivity index (χ1) is 16.4. The van der Waals surface area contributed by atoms with Crippen molar-refractivity contribution in [3.8, 4) is 11.5 Å². The number of halogens is 1. The van der Waals surface area contributed by atoms with Crippen LogP contribution in [0.3, 0.4) is 0 Å². The maximum absolute atomic E-state index is 12.8. The molecular weight excluding hydrogens is 458 g/mol. The zero-order valence-electron chi connectivity index (χ0n) is 19.7. The number of hydrogen-bond donors (Lipinski definition) is 0. The highest BCUT2D eigenvalue weighted by atomic mass is 35.5. The van der Waals surface area contributed by atoms with E-state index in [4.69, 9.17) is 30.5 Å². The number of methoxy groups -OCH3 is 3. The van der Waals surface area contributed by atoms with Gasteiger partial charge >= 0.3 is 11.9 Å². The van der Waals surface area contributed by atoms with Crippen LogP contribution in [0, 0.1) is 0 Å². The second-order valence-corrected chi connectivity index (χ2v) is 8.08. The van der Waals surface area contributed by atoms with Gasteiger partial charge in [0.2, 0.25) is 0 Å². The maximum atomic E-state index is 12.8. The van der Waals surface area contributed by atoms with E-state index in [9.17, 15) is 9.59 Å². The summed E-state index contributed by atoms with van der Waals surface area (Å²) in [6.45, 7) is 2.97. The molecule has 0 spiro atoms. The third kappa shape index (κ3) is 5.72. The van der Waals surface area contributed by atoms with Gasteiger partial charge in [0.25, 0.3) is 0 Å². The summed E-state index contributed by atoms with van der Waals surface area (Å²) in [5.74, 6) is -0.726. The molecule has 1 heterocycles. The smallest absolute Gasteiger partial charge is 0.336 e. The number of nitrogens with zero attached hydrogens (tertiary/aromatic N) is 1. The Bertz CT molecular complexity index is 1060. The number of carbonyl (C=O) groups excluding carboxylic acids is 2. The van der Waals surface area contributed by atoms with Gasteiger partial charge in [0.05, 0.1) is 45.0 Å². The summed E-state index contributed by atoms with van der Waals surface area (Å²) in [6.07, 6.45) is 4.22. The lowest BCUT2D eigenvalue weighted by molar-refractivity contribution is -0.137. The number of ether oxygens (including phenoxy) is 4. The van der Waals surface area contributed by atoms with Crippen molar-refractivity contribution in [1.82, 2.24) is 4.90 Å². The van der Waals surface area contributed by atoms with E-state index in [1.807, 2.05) is 19.1 Å². The van der Waals surface area contributed by atoms with Crippen molar-refractivity contribution in [3.05, 3.63) is 82.2 Å². The van der Waals surface area contributed by atoms with Crippen LogP contribution in [0.4, 0.5) is 0 Å². The van der Waals surface area contributed by atoms with Gasteiger partial charge in [-0.3, -0.25) is 0 Å². The van der Waals surface area contributed by atoms with Crippen molar-refractivity contribution >= 4 is 23.5 Å². The lowest BCUT2D eigenvalue weighted by Gasteiger charge is -2.30. The Hall–Kier alpha value is -3.45. The van der Waals surface area contributed by atoms with Crippen LogP contribution in [0.15, 0.2) is 66.0 Å². The number of benzene rings is 2. The predicted octanol–water partition coefficient (Wildman–Crippen LogP) is 4.85. The van der Waals surface area contributed by atoms with Crippen molar-refractivity contribution in [2.45, 2.75) is 25.8 Å². The standard InChI is InChI=1S/C26H28ClNO6/c1-5-12-34-22-11-8-18(13-23(22)31-2)24-20(25(29)32-3)15-28(16-21(24)26(30)33-4)14-17-6-9-19(27)10-7-17/h6-11,13,15-16,24H,5,12,14H2,1-4H3. The highest BCUT2D eigenvalue weighted by Gasteiger charge is 2.35. The van der Waals surface area contributed by atoms with Gasteiger partial charge in [0, 0.05) is 24.0 Å². The normalized spacial score (nSPS) is 13.6. The van der Waals surface area contributed by atoms with Crippen LogP contribution >= 0.6 is 11.6 Å². The largest absolute Gasteiger partial charge is 0.493 e. The van der Waals surface area contributed by atoms with E-state index in [0.717, 1.165) is 12.0 Å². The number of esters is 2. The molecule has 3 rings (SSSR count). The van der Waals surface area contributed by atoms with Gasteiger partial charge in [-0.15, -0.1) is 0 Å². The van der Waals surface area contributed by atoms with Crippen LogP contribution in [-0.2, 0) is 25.6 Å². The molecule has 8 heteroatoms. The van der Waals surface area contributed by atoms with Crippen LogP contribution in [-0.4, -0.2) is 44.8 Å². The third-order valence-electron chi connectivity index (χ3n) is 5.34. The second kappa shape index (κ2) is 11.6. The van der Waals surface area contributed by atoms with Crippen LogP contribution in [0.5, 0.6) is 11.5 Å². The van der Waals surface area contributed by atoms with Crippen molar-refractivity contribution in [3.63, 3.8) is 0 Å². The molecule has 7 nitrogen and oxygen atoms in total. The fourth-order valence-corrected chi connectivity index (χ4v) is 3.86. The Kier molecular flexibility index (Phi) is 8.60. The zero-order valence-corrected chi connectivity index (χ0v) is 20.4. The van der Waals surface area contributed by atoms with Gasteiger partial charge < -0.3 is 23.8 Å². The predicted molar refractivity (Wildman–Crippen MR) is 129 cm³/mol. The minimum Gasteiger partial charge on any atom is -0.493 e. The molecular formula is C26H28ClNO6. The molecule has 2 aromatic rings. The lowest BCUT2D eigenvalue weighted by atomic mass is 9.83. The summed E-state index contributed by atoms with van der Waals surface area (Å²) in [5, 5.41) is 0.624. The zero-order chi connectivity index (χ0) is 24.7. The summed E-state index contributed by atoms with van der Waals surface area (Å²) in [6, 6.07) is 12.7. The molecule has 0 radical (unpaired) electrons. The molecule has 1 aliphatic heterocycles. The fraction of sp³-hybridized carbons (Fsp3) is 0.308. The number of carbonyl (C=O) groups is 2. The molecule has 0 N–H and O–H groups in total. The first-order valence-corrected chi connectivity index (χ1v) is 11.2. The van der Waals surface area contributed by atoms with Gasteiger partial charge in [0.15, 0.2) is 11.5 Å². The van der Waals surface area contributed by atoms with E-state index < -0.39 is 17.9 Å². The Labute approximate surface area is 204 Å². The average Bonchev–Trinajstić information content (AvgIpc) is 2.87. The van der Waals surface area contributed by atoms with E-state index >= 15 is 0 Å². The highest BCUT2D eigenvalue weighted by Crippen LogP contribution is 2.40. The first kappa shape index (κ1) is 25.2. The minimum absolute atomic E-state index is 0.295. The van der Waals surface area contributed by atoms with Gasteiger partial charge in [0.1, 0.15) is 0 Å². The Morgan fingerprint density at radius 3 is 2.06 bits per heavy atom. The van der Waals surface area contributed by atoms with Gasteiger partial charge in [-0.25, -0.2) is 9.59 Å². The van der Waals surface area contributed by atoms with E-state index in [2.05, 4.69) is 0 Å². The molecule has 34 heavy (non-hydrogen) atoms. The molecule has 0 unspecified atom stereocenters. The van der Waals surface area contributed by atoms with Crippen molar-refractivity contribution in [2.75, 3.05) is 27.9 Å². The molecule has 0 bridgehead atoms. The Morgan fingerprint density at radius 2 is 1.53 bits per heavy atom. The third-order valence-corrected chi connectivity index (χ3v) is 5.59. The summed E-state index contributed by atoms with van der Waals surface area (Å²) in [5.41, 5.74) is 2.20. The molecule has 0 saturated carbocycles. The first-order valence-electron chi connectivity index (χ1n) is 10.8. The Morgan fingerprint density at radius 1 is 0.912 bits per heavy atom. The van der Waals surface area contributed by atoms with E-state index in [1.54, 1.807) is 54.7 Å². The highest BCUT2D eigenvalue weighted by molar-refractivity contribution is 6.30. The maximum Gasteiger partial charge on any atom is 0.336 e. The fourth-order valence-electron chi connectivity index (χ4n) is 3.73. The molecule has 0 fully saturated rings. The lowest BCUT2D eigenvalue weighted by Crippen LogP contribution is -2.28. The van der Waals surface area contributed by atoms with Crippen molar-refractivity contribution in [1.29, 1.82) is 0 Å². The second-order valence-electron chi connectivity index (χ2n) is 7.64. The molecule has 0 aliphatic carbocycles. The number of rotatable bonds is 9. The van der Waals surface area contributed by atoms with E-state index in [-0.39, 0.29) is 0 Å². The summed E-state index contributed by atoms with van der Waals surface area (Å²) >= 11 is 5.99. The SMILES string of the molecule is CCCOc1ccc(C2C(C(=O)OC)=CN(Cc3ccc(Cl)cc3)C=C2C(=O)OC)cc1OC. The van der Waals surface area contributed by atoms with Gasteiger partial charge in [-0.05, 0) is 41.8 Å². The molecule has 0 saturated heterocycles.